The molecule has 0 bridgehead atoms. The minimum Gasteiger partial charge on any atom is -0.378 e. The van der Waals surface area contributed by atoms with Crippen molar-refractivity contribution in [3.8, 4) is 0 Å². The number of rotatable bonds is 5. The Bertz CT molecular complexity index is 566. The molecule has 0 aliphatic rings. The van der Waals surface area contributed by atoms with Crippen LogP contribution >= 0.6 is 11.3 Å². The predicted octanol–water partition coefficient (Wildman–Crippen LogP) is 2.78. The van der Waals surface area contributed by atoms with Gasteiger partial charge in [-0.3, -0.25) is 4.79 Å². The molecule has 1 aromatic carbocycles. The summed E-state index contributed by atoms with van der Waals surface area (Å²) in [7, 11) is 1.63. The molecule has 1 aromatic heterocycles. The highest BCUT2D eigenvalue weighted by Gasteiger charge is 2.08. The van der Waals surface area contributed by atoms with Gasteiger partial charge in [-0.15, -0.1) is 11.3 Å². The third-order valence-corrected chi connectivity index (χ3v) is 3.50. The van der Waals surface area contributed by atoms with Gasteiger partial charge in [0.15, 0.2) is 0 Å². The standard InChI is InChI=1S/C14H16N2O2S/c1-10-5-3-4-6-12(10)16-13(17)7-11-9-19-14(15-11)8-18-2/h3-6,9H,7-8H2,1-2H3,(H,16,17). The molecule has 0 spiro atoms. The number of ether oxygens (including phenoxy) is 1. The summed E-state index contributed by atoms with van der Waals surface area (Å²) in [6.45, 7) is 2.46. The topological polar surface area (TPSA) is 51.2 Å². The zero-order chi connectivity index (χ0) is 13.7. The van der Waals surface area contributed by atoms with Crippen LogP contribution in [0, 0.1) is 6.92 Å². The van der Waals surface area contributed by atoms with E-state index < -0.39 is 0 Å². The highest BCUT2D eigenvalue weighted by molar-refractivity contribution is 7.09. The van der Waals surface area contributed by atoms with Crippen LogP contribution in [0.5, 0.6) is 0 Å². The monoisotopic (exact) mass is 276 g/mol. The lowest BCUT2D eigenvalue weighted by Crippen LogP contribution is -2.15. The molecule has 0 fully saturated rings. The third-order valence-electron chi connectivity index (χ3n) is 2.63. The van der Waals surface area contributed by atoms with E-state index in [0.29, 0.717) is 6.61 Å². The van der Waals surface area contributed by atoms with Gasteiger partial charge in [0.2, 0.25) is 5.91 Å². The summed E-state index contributed by atoms with van der Waals surface area (Å²) in [6.07, 6.45) is 0.286. The van der Waals surface area contributed by atoms with E-state index in [4.69, 9.17) is 4.74 Å². The Kier molecular flexibility index (Phi) is 4.65. The lowest BCUT2D eigenvalue weighted by atomic mass is 10.2. The molecule has 0 aliphatic carbocycles. The van der Waals surface area contributed by atoms with Crippen LogP contribution in [0.15, 0.2) is 29.6 Å². The average molecular weight is 276 g/mol. The number of aryl methyl sites for hydroxylation is 1. The van der Waals surface area contributed by atoms with E-state index in [1.54, 1.807) is 7.11 Å². The van der Waals surface area contributed by atoms with Crippen molar-refractivity contribution >= 4 is 22.9 Å². The first-order chi connectivity index (χ1) is 9.19. The molecule has 1 N–H and O–H groups in total. The number of methoxy groups -OCH3 is 1. The smallest absolute Gasteiger partial charge is 0.230 e. The first-order valence-corrected chi connectivity index (χ1v) is 6.84. The summed E-state index contributed by atoms with van der Waals surface area (Å²) < 4.78 is 5.00. The second-order valence-electron chi connectivity index (χ2n) is 4.21. The van der Waals surface area contributed by atoms with Crippen LogP contribution in [0.25, 0.3) is 0 Å². The van der Waals surface area contributed by atoms with Crippen molar-refractivity contribution in [1.82, 2.24) is 4.98 Å². The maximum atomic E-state index is 11.9. The lowest BCUT2D eigenvalue weighted by Gasteiger charge is -2.06. The van der Waals surface area contributed by atoms with Gasteiger partial charge >= 0.3 is 0 Å². The molecule has 0 radical (unpaired) electrons. The molecule has 100 valence electrons. The number of nitrogens with one attached hydrogen (secondary N) is 1. The fraction of sp³-hybridized carbons (Fsp3) is 0.286. The number of carbonyl (C=O) groups is 1. The van der Waals surface area contributed by atoms with Crippen LogP contribution in [-0.2, 0) is 22.6 Å². The van der Waals surface area contributed by atoms with Gasteiger partial charge in [-0.25, -0.2) is 4.98 Å². The van der Waals surface area contributed by atoms with Gasteiger partial charge in [-0.2, -0.15) is 0 Å². The maximum absolute atomic E-state index is 11.9. The van der Waals surface area contributed by atoms with E-state index in [1.165, 1.54) is 11.3 Å². The molecule has 0 aliphatic heterocycles. The van der Waals surface area contributed by atoms with Crippen molar-refractivity contribution in [2.24, 2.45) is 0 Å². The summed E-state index contributed by atoms with van der Waals surface area (Å²) in [5, 5.41) is 5.68. The van der Waals surface area contributed by atoms with E-state index in [2.05, 4.69) is 10.3 Å². The van der Waals surface area contributed by atoms with Gasteiger partial charge in [-0.1, -0.05) is 18.2 Å². The zero-order valence-corrected chi connectivity index (χ0v) is 11.8. The largest absolute Gasteiger partial charge is 0.378 e. The highest BCUT2D eigenvalue weighted by atomic mass is 32.1. The molecule has 0 atom stereocenters. The molecule has 0 saturated carbocycles. The fourth-order valence-electron chi connectivity index (χ4n) is 1.69. The van der Waals surface area contributed by atoms with E-state index in [9.17, 15) is 4.79 Å². The van der Waals surface area contributed by atoms with Crippen molar-refractivity contribution < 1.29 is 9.53 Å². The van der Waals surface area contributed by atoms with Gasteiger partial charge in [0.05, 0.1) is 18.7 Å². The zero-order valence-electron chi connectivity index (χ0n) is 11.0. The van der Waals surface area contributed by atoms with Crippen molar-refractivity contribution in [2.45, 2.75) is 20.0 Å². The Hall–Kier alpha value is -1.72. The third kappa shape index (κ3) is 3.87. The predicted molar refractivity (Wildman–Crippen MR) is 76.3 cm³/mol. The average Bonchev–Trinajstić information content (AvgIpc) is 2.80. The van der Waals surface area contributed by atoms with Crippen molar-refractivity contribution in [1.29, 1.82) is 0 Å². The normalized spacial score (nSPS) is 10.4. The SMILES string of the molecule is COCc1nc(CC(=O)Nc2ccccc2C)cs1. The summed E-state index contributed by atoms with van der Waals surface area (Å²) in [6, 6.07) is 7.71. The van der Waals surface area contributed by atoms with E-state index >= 15 is 0 Å². The Morgan fingerprint density at radius 2 is 2.21 bits per heavy atom. The molecule has 1 heterocycles. The second kappa shape index (κ2) is 6.45. The van der Waals surface area contributed by atoms with Crippen LogP contribution in [0.3, 0.4) is 0 Å². The number of anilines is 1. The number of carbonyl (C=O) groups excluding carboxylic acids is 1. The summed E-state index contributed by atoms with van der Waals surface area (Å²) in [5.74, 6) is -0.0523. The summed E-state index contributed by atoms with van der Waals surface area (Å²) in [5.41, 5.74) is 2.68. The van der Waals surface area contributed by atoms with Crippen molar-refractivity contribution in [3.63, 3.8) is 0 Å². The number of amides is 1. The fourth-order valence-corrected chi connectivity index (χ4v) is 2.46. The van der Waals surface area contributed by atoms with E-state index in [0.717, 1.165) is 22.0 Å². The van der Waals surface area contributed by atoms with E-state index in [-0.39, 0.29) is 12.3 Å². The minimum atomic E-state index is -0.0523. The Balaban J connectivity index is 1.95. The number of para-hydroxylation sites is 1. The first-order valence-electron chi connectivity index (χ1n) is 5.96. The lowest BCUT2D eigenvalue weighted by molar-refractivity contribution is -0.115. The molecule has 1 amide bonds. The molecule has 0 unspecified atom stereocenters. The van der Waals surface area contributed by atoms with Gasteiger partial charge in [0.1, 0.15) is 5.01 Å². The molecule has 0 saturated heterocycles. The number of nitrogens with zero attached hydrogens (tertiary/aromatic N) is 1. The number of thiazole rings is 1. The molecular formula is C14H16N2O2S. The Morgan fingerprint density at radius 1 is 1.42 bits per heavy atom. The summed E-state index contributed by atoms with van der Waals surface area (Å²) >= 11 is 1.51. The van der Waals surface area contributed by atoms with Crippen LogP contribution in [0.2, 0.25) is 0 Å². The molecule has 5 heteroatoms. The summed E-state index contributed by atoms with van der Waals surface area (Å²) in [4.78, 5) is 16.3. The number of benzene rings is 1. The molecule has 19 heavy (non-hydrogen) atoms. The Morgan fingerprint density at radius 3 is 2.95 bits per heavy atom. The number of hydrogen-bond acceptors (Lipinski definition) is 4. The van der Waals surface area contributed by atoms with Crippen molar-refractivity contribution in [3.05, 3.63) is 45.9 Å². The van der Waals surface area contributed by atoms with Gasteiger partial charge in [0, 0.05) is 18.2 Å². The van der Waals surface area contributed by atoms with Crippen LogP contribution in [0.1, 0.15) is 16.3 Å². The number of hydrogen-bond donors (Lipinski definition) is 1. The van der Waals surface area contributed by atoms with Crippen LogP contribution in [-0.4, -0.2) is 18.0 Å². The van der Waals surface area contributed by atoms with Gasteiger partial charge in [0.25, 0.3) is 0 Å². The second-order valence-corrected chi connectivity index (χ2v) is 5.15. The molecule has 2 aromatic rings. The first kappa shape index (κ1) is 13.7. The van der Waals surface area contributed by atoms with E-state index in [1.807, 2.05) is 36.6 Å². The molecule has 2 rings (SSSR count). The number of aromatic nitrogens is 1. The van der Waals surface area contributed by atoms with Crippen LogP contribution < -0.4 is 5.32 Å². The van der Waals surface area contributed by atoms with Crippen LogP contribution in [0.4, 0.5) is 5.69 Å². The maximum Gasteiger partial charge on any atom is 0.230 e. The quantitative estimate of drug-likeness (QED) is 0.913. The Labute approximate surface area is 116 Å². The van der Waals surface area contributed by atoms with Gasteiger partial charge < -0.3 is 10.1 Å². The highest BCUT2D eigenvalue weighted by Crippen LogP contribution is 2.15. The van der Waals surface area contributed by atoms with Crippen molar-refractivity contribution in [2.75, 3.05) is 12.4 Å². The molecular weight excluding hydrogens is 260 g/mol. The minimum absolute atomic E-state index is 0.0523. The van der Waals surface area contributed by atoms with Gasteiger partial charge in [-0.05, 0) is 18.6 Å². The molecule has 4 nitrogen and oxygen atoms in total.